The number of halogens is 4. The maximum atomic E-state index is 12.6. The summed E-state index contributed by atoms with van der Waals surface area (Å²) in [5.41, 5.74) is 1.94. The number of benzene rings is 1. The fourth-order valence-corrected chi connectivity index (χ4v) is 2.96. The summed E-state index contributed by atoms with van der Waals surface area (Å²) in [6, 6.07) is 5.30. The van der Waals surface area contributed by atoms with Crippen LogP contribution >= 0.6 is 15.9 Å². The van der Waals surface area contributed by atoms with Gasteiger partial charge < -0.3 is 4.90 Å². The molecule has 7 heteroatoms. The van der Waals surface area contributed by atoms with E-state index in [1.807, 2.05) is 6.92 Å². The molecule has 1 aromatic heterocycles. The summed E-state index contributed by atoms with van der Waals surface area (Å²) < 4.78 is 38.6. The monoisotopic (exact) mass is 385 g/mol. The third-order valence-electron chi connectivity index (χ3n) is 3.86. The Hall–Kier alpha value is -1.63. The molecule has 0 radical (unpaired) electrons. The summed E-state index contributed by atoms with van der Waals surface area (Å²) in [6.07, 6.45) is -2.48. The molecule has 0 amide bonds. The van der Waals surface area contributed by atoms with Crippen molar-refractivity contribution >= 4 is 21.7 Å². The number of rotatable bonds is 2. The highest BCUT2D eigenvalue weighted by atomic mass is 79.9. The number of fused-ring (bicyclic) bond motifs is 1. The minimum atomic E-state index is -4.30. The van der Waals surface area contributed by atoms with E-state index in [4.69, 9.17) is 0 Å². The lowest BCUT2D eigenvalue weighted by molar-refractivity contribution is -0.137. The number of alkyl halides is 3. The molecular weight excluding hydrogens is 371 g/mol. The molecule has 0 bridgehead atoms. The van der Waals surface area contributed by atoms with Crippen LogP contribution in [0, 0.1) is 6.92 Å². The number of nitrogens with zero attached hydrogens (tertiary/aromatic N) is 3. The topological polar surface area (TPSA) is 29.0 Å². The molecule has 2 heterocycles. The molecule has 23 heavy (non-hydrogen) atoms. The van der Waals surface area contributed by atoms with Gasteiger partial charge in [0.1, 0.15) is 4.60 Å². The van der Waals surface area contributed by atoms with Crippen molar-refractivity contribution in [1.29, 1.82) is 0 Å². The molecule has 0 spiro atoms. The Morgan fingerprint density at radius 2 is 1.87 bits per heavy atom. The zero-order chi connectivity index (χ0) is 16.6. The summed E-state index contributed by atoms with van der Waals surface area (Å²) in [6.45, 7) is 3.23. The van der Waals surface area contributed by atoms with Gasteiger partial charge in [-0.25, -0.2) is 9.97 Å². The highest BCUT2D eigenvalue weighted by Gasteiger charge is 2.30. The van der Waals surface area contributed by atoms with Gasteiger partial charge in [0.05, 0.1) is 17.0 Å². The first-order chi connectivity index (χ1) is 10.8. The molecule has 1 aliphatic rings. The van der Waals surface area contributed by atoms with Crippen molar-refractivity contribution in [3.8, 4) is 0 Å². The van der Waals surface area contributed by atoms with Crippen LogP contribution in [0.3, 0.4) is 0 Å². The van der Waals surface area contributed by atoms with Crippen LogP contribution in [0.5, 0.6) is 0 Å². The highest BCUT2D eigenvalue weighted by molar-refractivity contribution is 9.10. The van der Waals surface area contributed by atoms with Crippen molar-refractivity contribution in [1.82, 2.24) is 9.97 Å². The van der Waals surface area contributed by atoms with E-state index >= 15 is 0 Å². The molecule has 122 valence electrons. The van der Waals surface area contributed by atoms with E-state index < -0.39 is 11.7 Å². The van der Waals surface area contributed by atoms with Gasteiger partial charge >= 0.3 is 6.18 Å². The van der Waals surface area contributed by atoms with Crippen molar-refractivity contribution in [2.75, 3.05) is 11.4 Å². The molecule has 3 nitrogen and oxygen atoms in total. The van der Waals surface area contributed by atoms with Crippen LogP contribution in [0.4, 0.5) is 19.0 Å². The van der Waals surface area contributed by atoms with Crippen LogP contribution in [0.25, 0.3) is 0 Å². The van der Waals surface area contributed by atoms with Crippen LogP contribution in [-0.2, 0) is 19.1 Å². The predicted molar refractivity (Wildman–Crippen MR) is 85.3 cm³/mol. The van der Waals surface area contributed by atoms with Crippen molar-refractivity contribution in [2.24, 2.45) is 0 Å². The predicted octanol–water partition coefficient (Wildman–Crippen LogP) is 4.52. The Kier molecular flexibility index (Phi) is 4.31. The molecule has 0 saturated carbocycles. The normalized spacial score (nSPS) is 14.7. The maximum Gasteiger partial charge on any atom is 0.416 e. The van der Waals surface area contributed by atoms with Crippen molar-refractivity contribution < 1.29 is 13.2 Å². The van der Waals surface area contributed by atoms with Gasteiger partial charge in [-0.1, -0.05) is 12.1 Å². The van der Waals surface area contributed by atoms with Gasteiger partial charge in [-0.15, -0.1) is 0 Å². The molecule has 2 aromatic rings. The summed E-state index contributed by atoms with van der Waals surface area (Å²) in [5, 5.41) is 0. The second-order valence-electron chi connectivity index (χ2n) is 5.59. The molecule has 0 saturated heterocycles. The lowest BCUT2D eigenvalue weighted by atomic mass is 10.1. The Morgan fingerprint density at radius 1 is 1.17 bits per heavy atom. The van der Waals surface area contributed by atoms with Crippen LogP contribution in [0.2, 0.25) is 0 Å². The molecule has 0 N–H and O–H groups in total. The number of anilines is 1. The van der Waals surface area contributed by atoms with Crippen molar-refractivity contribution in [2.45, 2.75) is 32.5 Å². The number of hydrogen-bond donors (Lipinski definition) is 0. The Labute approximate surface area is 140 Å². The van der Waals surface area contributed by atoms with Crippen LogP contribution in [0.1, 0.15) is 28.9 Å². The van der Waals surface area contributed by atoms with Crippen molar-refractivity contribution in [3.05, 3.63) is 51.4 Å². The zero-order valence-electron chi connectivity index (χ0n) is 12.5. The van der Waals surface area contributed by atoms with Gasteiger partial charge in [0.2, 0.25) is 0 Å². The second-order valence-corrected chi connectivity index (χ2v) is 6.34. The second kappa shape index (κ2) is 6.11. The molecule has 0 fully saturated rings. The van der Waals surface area contributed by atoms with E-state index in [0.29, 0.717) is 6.54 Å². The van der Waals surface area contributed by atoms with Gasteiger partial charge in [0, 0.05) is 13.1 Å². The van der Waals surface area contributed by atoms with Crippen LogP contribution in [-0.4, -0.2) is 16.5 Å². The quantitative estimate of drug-likeness (QED) is 0.760. The van der Waals surface area contributed by atoms with E-state index in [1.165, 1.54) is 12.1 Å². The molecule has 0 aliphatic carbocycles. The largest absolute Gasteiger partial charge is 0.416 e. The lowest BCUT2D eigenvalue weighted by Gasteiger charge is -2.30. The summed E-state index contributed by atoms with van der Waals surface area (Å²) in [5.74, 6) is 0.830. The molecule has 0 unspecified atom stereocenters. The first kappa shape index (κ1) is 16.2. The zero-order valence-corrected chi connectivity index (χ0v) is 14.1. The van der Waals surface area contributed by atoms with E-state index in [1.54, 1.807) is 0 Å². The van der Waals surface area contributed by atoms with Gasteiger partial charge in [-0.05, 0) is 53.4 Å². The molecule has 1 aliphatic heterocycles. The maximum absolute atomic E-state index is 12.6. The molecule has 3 rings (SSSR count). The molecule has 1 aromatic carbocycles. The number of aromatic nitrogens is 2. The SMILES string of the molecule is Cc1nc2c(nc1Br)CCCN2Cc1ccc(C(F)(F)F)cc1. The van der Waals surface area contributed by atoms with Crippen LogP contribution in [0.15, 0.2) is 28.9 Å². The van der Waals surface area contributed by atoms with E-state index in [0.717, 1.165) is 58.9 Å². The van der Waals surface area contributed by atoms with Gasteiger partial charge in [-0.2, -0.15) is 13.2 Å². The third kappa shape index (κ3) is 3.49. The Bertz CT molecular complexity index is 714. The summed E-state index contributed by atoms with van der Waals surface area (Å²) >= 11 is 3.39. The van der Waals surface area contributed by atoms with E-state index in [2.05, 4.69) is 30.8 Å². The van der Waals surface area contributed by atoms with Gasteiger partial charge in [0.25, 0.3) is 0 Å². The summed E-state index contributed by atoms with van der Waals surface area (Å²) in [4.78, 5) is 11.2. The average Bonchev–Trinajstić information content (AvgIpc) is 2.49. The van der Waals surface area contributed by atoms with Gasteiger partial charge in [0.15, 0.2) is 5.82 Å². The number of aryl methyl sites for hydroxylation is 2. The number of hydrogen-bond acceptors (Lipinski definition) is 3. The molecule has 0 atom stereocenters. The van der Waals surface area contributed by atoms with Crippen molar-refractivity contribution in [3.63, 3.8) is 0 Å². The van der Waals surface area contributed by atoms with E-state index in [9.17, 15) is 13.2 Å². The smallest absolute Gasteiger partial charge is 0.351 e. The highest BCUT2D eigenvalue weighted by Crippen LogP contribution is 2.31. The fraction of sp³-hybridized carbons (Fsp3) is 0.375. The minimum Gasteiger partial charge on any atom is -0.351 e. The fourth-order valence-electron chi connectivity index (χ4n) is 2.66. The third-order valence-corrected chi connectivity index (χ3v) is 4.61. The first-order valence-electron chi connectivity index (χ1n) is 7.28. The molecular formula is C16H15BrF3N3. The van der Waals surface area contributed by atoms with Gasteiger partial charge in [-0.3, -0.25) is 0 Å². The minimum absolute atomic E-state index is 0.529. The summed E-state index contributed by atoms with van der Waals surface area (Å²) in [7, 11) is 0. The van der Waals surface area contributed by atoms with Crippen LogP contribution < -0.4 is 4.90 Å². The Balaban J connectivity index is 1.83. The first-order valence-corrected chi connectivity index (χ1v) is 8.08. The standard InChI is InChI=1S/C16H15BrF3N3/c1-10-14(17)22-13-3-2-8-23(15(13)21-10)9-11-4-6-12(7-5-11)16(18,19)20/h4-7H,2-3,8-9H2,1H3. The van der Waals surface area contributed by atoms with E-state index in [-0.39, 0.29) is 0 Å². The average molecular weight is 386 g/mol. The Morgan fingerprint density at radius 3 is 2.52 bits per heavy atom. The lowest BCUT2D eigenvalue weighted by Crippen LogP contribution is -2.30.